The van der Waals surface area contributed by atoms with Crippen LogP contribution in [0.2, 0.25) is 0 Å². The minimum absolute atomic E-state index is 0.0868. The normalized spacial score (nSPS) is 17.1. The predicted molar refractivity (Wildman–Crippen MR) is 174 cm³/mol. The summed E-state index contributed by atoms with van der Waals surface area (Å²) in [5.74, 6) is 1.96. The lowest BCUT2D eigenvalue weighted by atomic mass is 9.84. The molecule has 1 aliphatic heterocycles. The first-order valence-corrected chi connectivity index (χ1v) is 15.3. The molecule has 0 spiro atoms. The zero-order valence-electron chi connectivity index (χ0n) is 27.3. The molecule has 11 nitrogen and oxygen atoms in total. The number of rotatable bonds is 2. The SMILES string of the molecule is CC(C)(C)OC(=O)N1C(=C=O)C(C)(Cc2ccccc2)N(C(=O)OC(C)(C)C)c2cc3c(Br)nn(C(=O)OC(C)(C)C)c3cc21. The molecule has 2 aromatic carbocycles. The van der Waals surface area contributed by atoms with Crippen molar-refractivity contribution >= 4 is 62.4 Å². The average molecular weight is 684 g/mol. The molecule has 2 heterocycles. The van der Waals surface area contributed by atoms with Gasteiger partial charge in [-0.05, 0) is 103 Å². The lowest BCUT2D eigenvalue weighted by Crippen LogP contribution is -2.61. The van der Waals surface area contributed by atoms with E-state index in [9.17, 15) is 19.2 Å². The van der Waals surface area contributed by atoms with Gasteiger partial charge in [-0.2, -0.15) is 9.78 Å². The summed E-state index contributed by atoms with van der Waals surface area (Å²) < 4.78 is 18.6. The highest BCUT2D eigenvalue weighted by molar-refractivity contribution is 9.10. The van der Waals surface area contributed by atoms with E-state index in [-0.39, 0.29) is 29.0 Å². The maximum absolute atomic E-state index is 14.2. The fourth-order valence-corrected chi connectivity index (χ4v) is 5.53. The Morgan fingerprint density at radius 1 is 0.822 bits per heavy atom. The third-order valence-corrected chi connectivity index (χ3v) is 7.23. The highest BCUT2D eigenvalue weighted by atomic mass is 79.9. The van der Waals surface area contributed by atoms with Crippen molar-refractivity contribution in [2.45, 2.75) is 98.0 Å². The van der Waals surface area contributed by atoms with E-state index in [2.05, 4.69) is 21.0 Å². The number of fused-ring (bicyclic) bond motifs is 2. The van der Waals surface area contributed by atoms with Crippen molar-refractivity contribution in [2.24, 2.45) is 0 Å². The summed E-state index contributed by atoms with van der Waals surface area (Å²) in [5, 5.41) is 4.79. The van der Waals surface area contributed by atoms with Gasteiger partial charge in [0.05, 0.1) is 16.9 Å². The van der Waals surface area contributed by atoms with Gasteiger partial charge >= 0.3 is 18.3 Å². The van der Waals surface area contributed by atoms with E-state index in [1.165, 1.54) is 11.0 Å². The van der Waals surface area contributed by atoms with Crippen LogP contribution < -0.4 is 9.80 Å². The van der Waals surface area contributed by atoms with Crippen molar-refractivity contribution < 1.29 is 33.4 Å². The Kier molecular flexibility index (Phi) is 8.73. The van der Waals surface area contributed by atoms with E-state index >= 15 is 0 Å². The number of hydrogen-bond donors (Lipinski definition) is 0. The van der Waals surface area contributed by atoms with Crippen LogP contribution in [0.3, 0.4) is 0 Å². The molecule has 0 bridgehead atoms. The second-order valence-corrected chi connectivity index (χ2v) is 14.8. The Morgan fingerprint density at radius 3 is 1.89 bits per heavy atom. The first-order valence-electron chi connectivity index (χ1n) is 14.5. The number of amides is 2. The van der Waals surface area contributed by atoms with Gasteiger partial charge in [0.2, 0.25) is 0 Å². The number of nitrogens with zero attached hydrogens (tertiary/aromatic N) is 4. The number of ether oxygens (including phenoxy) is 3. The van der Waals surface area contributed by atoms with Crippen LogP contribution in [0.1, 0.15) is 74.8 Å². The number of carbonyl (C=O) groups excluding carboxylic acids is 4. The molecule has 2 amide bonds. The highest BCUT2D eigenvalue weighted by Crippen LogP contribution is 2.49. The van der Waals surface area contributed by atoms with Gasteiger partial charge in [-0.3, -0.25) is 4.90 Å². The van der Waals surface area contributed by atoms with Gasteiger partial charge in [0.1, 0.15) is 38.6 Å². The summed E-state index contributed by atoms with van der Waals surface area (Å²) in [7, 11) is 0. The summed E-state index contributed by atoms with van der Waals surface area (Å²) in [6.07, 6.45) is -2.27. The predicted octanol–water partition coefficient (Wildman–Crippen LogP) is 7.80. The van der Waals surface area contributed by atoms with E-state index in [1.807, 2.05) is 36.3 Å². The molecule has 3 aromatic rings. The minimum Gasteiger partial charge on any atom is -0.443 e. The van der Waals surface area contributed by atoms with Crippen LogP contribution in [0, 0.1) is 0 Å². The van der Waals surface area contributed by atoms with Gasteiger partial charge in [-0.15, -0.1) is 0 Å². The van der Waals surface area contributed by atoms with Gasteiger partial charge < -0.3 is 14.2 Å². The molecule has 0 fully saturated rings. The number of hydrogen-bond acceptors (Lipinski definition) is 8. The van der Waals surface area contributed by atoms with Crippen LogP contribution in [-0.2, 0) is 25.4 Å². The number of anilines is 2. The Morgan fingerprint density at radius 2 is 1.36 bits per heavy atom. The molecule has 0 saturated heterocycles. The Bertz CT molecular complexity index is 1710. The van der Waals surface area contributed by atoms with Crippen molar-refractivity contribution in [3.05, 3.63) is 58.3 Å². The summed E-state index contributed by atoms with van der Waals surface area (Å²) in [5.41, 5.74) is -2.97. The zero-order valence-corrected chi connectivity index (χ0v) is 28.9. The topological polar surface area (TPSA) is 120 Å². The first-order chi connectivity index (χ1) is 20.6. The third-order valence-electron chi connectivity index (χ3n) is 6.65. The number of halogens is 1. The van der Waals surface area contributed by atoms with Crippen molar-refractivity contribution in [3.63, 3.8) is 0 Å². The molecule has 0 saturated carbocycles. The largest absolute Gasteiger partial charge is 0.443 e. The molecule has 240 valence electrons. The Labute approximate surface area is 271 Å². The van der Waals surface area contributed by atoms with Crippen LogP contribution in [0.4, 0.5) is 25.8 Å². The number of benzene rings is 2. The van der Waals surface area contributed by atoms with Gasteiger partial charge in [0.15, 0.2) is 0 Å². The molecule has 0 radical (unpaired) electrons. The molecule has 1 aromatic heterocycles. The van der Waals surface area contributed by atoms with E-state index in [4.69, 9.17) is 14.2 Å². The molecule has 1 aliphatic rings. The summed E-state index contributed by atoms with van der Waals surface area (Å²) in [4.78, 5) is 56.8. The quantitative estimate of drug-likeness (QED) is 0.198. The maximum atomic E-state index is 14.2. The number of carbonyl (C=O) groups is 3. The van der Waals surface area contributed by atoms with E-state index in [0.29, 0.717) is 9.99 Å². The molecule has 4 rings (SSSR count). The fraction of sp³-hybridized carbons (Fsp3) is 0.455. The maximum Gasteiger partial charge on any atom is 0.435 e. The van der Waals surface area contributed by atoms with Crippen molar-refractivity contribution in [3.8, 4) is 0 Å². The smallest absolute Gasteiger partial charge is 0.435 e. The standard InChI is InChI=1S/C33H39BrN4O7/c1-30(2,3)43-27(40)36-23-17-22-21(26(34)35-38(22)29(42)45-32(7,8)9)16-24(23)37(28(41)44-31(4,5)6)33(10,25(36)19-39)18-20-14-12-11-13-15-20/h11-17H,18H2,1-10H3. The zero-order chi connectivity index (χ0) is 33.7. The van der Waals surface area contributed by atoms with Crippen molar-refractivity contribution in [1.29, 1.82) is 0 Å². The van der Waals surface area contributed by atoms with Crippen LogP contribution in [0.25, 0.3) is 10.9 Å². The average Bonchev–Trinajstić information content (AvgIpc) is 3.19. The fourth-order valence-electron chi connectivity index (χ4n) is 5.05. The third kappa shape index (κ3) is 7.07. The molecule has 0 aliphatic carbocycles. The van der Waals surface area contributed by atoms with E-state index in [1.54, 1.807) is 75.3 Å². The van der Waals surface area contributed by atoms with Crippen LogP contribution in [-0.4, -0.2) is 56.3 Å². The highest BCUT2D eigenvalue weighted by Gasteiger charge is 2.53. The second kappa shape index (κ2) is 11.7. The Hall–Kier alpha value is -4.15. The summed E-state index contributed by atoms with van der Waals surface area (Å²) >= 11 is 3.44. The molecular weight excluding hydrogens is 644 g/mol. The molecular formula is C33H39BrN4O7. The van der Waals surface area contributed by atoms with Gasteiger partial charge in [0, 0.05) is 11.8 Å². The van der Waals surface area contributed by atoms with E-state index < -0.39 is 40.6 Å². The van der Waals surface area contributed by atoms with Gasteiger partial charge in [-0.25, -0.2) is 24.1 Å². The molecule has 45 heavy (non-hydrogen) atoms. The molecule has 12 heteroatoms. The van der Waals surface area contributed by atoms with Crippen LogP contribution in [0.5, 0.6) is 0 Å². The summed E-state index contributed by atoms with van der Waals surface area (Å²) in [6.45, 7) is 17.2. The van der Waals surface area contributed by atoms with Gasteiger partial charge in [0.25, 0.3) is 0 Å². The van der Waals surface area contributed by atoms with Crippen molar-refractivity contribution in [2.75, 3.05) is 9.80 Å². The first kappa shape index (κ1) is 33.7. The van der Waals surface area contributed by atoms with Crippen molar-refractivity contribution in [1.82, 2.24) is 9.78 Å². The Balaban J connectivity index is 2.09. The lowest BCUT2D eigenvalue weighted by Gasteiger charge is -2.49. The monoisotopic (exact) mass is 682 g/mol. The molecule has 1 atom stereocenters. The molecule has 1 unspecified atom stereocenters. The summed E-state index contributed by atoms with van der Waals surface area (Å²) in [6, 6.07) is 12.4. The minimum atomic E-state index is -1.49. The van der Waals surface area contributed by atoms with E-state index in [0.717, 1.165) is 15.1 Å². The van der Waals surface area contributed by atoms with Crippen LogP contribution in [0.15, 0.2) is 52.8 Å². The number of aromatic nitrogens is 2. The second-order valence-electron chi connectivity index (χ2n) is 14.1. The van der Waals surface area contributed by atoms with Crippen LogP contribution >= 0.6 is 15.9 Å². The molecule has 0 N–H and O–H groups in total. The van der Waals surface area contributed by atoms with Gasteiger partial charge in [-0.1, -0.05) is 30.3 Å². The lowest BCUT2D eigenvalue weighted by molar-refractivity contribution is 0.0514.